The number of carbonyl (C=O) groups excluding carboxylic acids is 3. The highest BCUT2D eigenvalue weighted by molar-refractivity contribution is 7.21. The topological polar surface area (TPSA) is 157 Å². The Morgan fingerprint density at radius 2 is 1.82 bits per heavy atom. The average molecular weight is 627 g/mol. The minimum Gasteiger partial charge on any atom is -0.457 e. The van der Waals surface area contributed by atoms with Gasteiger partial charge < -0.3 is 37.1 Å². The molecule has 3 unspecified atom stereocenters. The number of para-hydroxylation sites is 1. The number of nitrogens with two attached hydrogens (primary N) is 3. The summed E-state index contributed by atoms with van der Waals surface area (Å²) >= 11 is 1.22. The largest absolute Gasteiger partial charge is 0.457 e. The molecule has 7 N–H and O–H groups in total. The van der Waals surface area contributed by atoms with Crippen molar-refractivity contribution >= 4 is 44.7 Å². The van der Waals surface area contributed by atoms with Gasteiger partial charge in [0.2, 0.25) is 5.91 Å². The molecular formula is C34H38N6O4S. The zero-order chi connectivity index (χ0) is 32.0. The molecule has 1 fully saturated rings. The number of nitrogens with zero attached hydrogens (tertiary/aromatic N) is 2. The first kappa shape index (κ1) is 30.7. The Morgan fingerprint density at radius 3 is 2.53 bits per heavy atom. The molecule has 0 bridgehead atoms. The molecule has 2 aliphatic rings. The first-order valence-electron chi connectivity index (χ1n) is 15.0. The summed E-state index contributed by atoms with van der Waals surface area (Å²) in [6, 6.07) is 17.0. The molecule has 10 nitrogen and oxygen atoms in total. The van der Waals surface area contributed by atoms with E-state index in [-0.39, 0.29) is 17.9 Å². The van der Waals surface area contributed by atoms with Gasteiger partial charge in [0.25, 0.3) is 5.91 Å². The summed E-state index contributed by atoms with van der Waals surface area (Å²) in [5.74, 6) is 0.579. The summed E-state index contributed by atoms with van der Waals surface area (Å²) in [4.78, 5) is 44.7. The second-order valence-electron chi connectivity index (χ2n) is 12.2. The Kier molecular flexibility index (Phi) is 8.13. The molecule has 0 saturated carbocycles. The number of likely N-dealkylation sites (tertiary alicyclic amines) is 1. The van der Waals surface area contributed by atoms with E-state index >= 15 is 0 Å². The number of piperidine rings is 1. The van der Waals surface area contributed by atoms with Gasteiger partial charge in [-0.15, -0.1) is 11.3 Å². The van der Waals surface area contributed by atoms with Crippen LogP contribution in [-0.4, -0.2) is 67.2 Å². The summed E-state index contributed by atoms with van der Waals surface area (Å²) in [7, 11) is 3.71. The average Bonchev–Trinajstić information content (AvgIpc) is 3.42. The normalized spacial score (nSPS) is 21.3. The minimum absolute atomic E-state index is 0.0233. The SMILES string of the molecule is Cc1cc(Oc2ccccc2)ccc1C1(N)C(=O)C(N)c2c(C(=O)NC3CCCN(C(=O)CN(C)C)C3)sc3c(N)ccc1c23. The van der Waals surface area contributed by atoms with Crippen molar-refractivity contribution in [2.45, 2.75) is 37.4 Å². The molecule has 2 heterocycles. The van der Waals surface area contributed by atoms with E-state index < -0.39 is 17.4 Å². The fraction of sp³-hybridized carbons (Fsp3) is 0.324. The number of ketones is 1. The Labute approximate surface area is 266 Å². The number of hydrogen-bond donors (Lipinski definition) is 4. The third-order valence-electron chi connectivity index (χ3n) is 8.68. The molecule has 1 saturated heterocycles. The van der Waals surface area contributed by atoms with Crippen molar-refractivity contribution < 1.29 is 19.1 Å². The van der Waals surface area contributed by atoms with Crippen molar-refractivity contribution in [1.29, 1.82) is 0 Å². The number of amides is 2. The molecule has 1 aromatic heterocycles. The van der Waals surface area contributed by atoms with Crippen molar-refractivity contribution in [3.63, 3.8) is 0 Å². The van der Waals surface area contributed by atoms with Crippen LogP contribution in [0.3, 0.4) is 0 Å². The van der Waals surface area contributed by atoms with E-state index in [1.165, 1.54) is 11.3 Å². The van der Waals surface area contributed by atoms with Crippen molar-refractivity contribution in [3.05, 3.63) is 87.8 Å². The Morgan fingerprint density at radius 1 is 1.09 bits per heavy atom. The smallest absolute Gasteiger partial charge is 0.262 e. The number of Topliss-reactive ketones (excluding diaryl/α,β-unsaturated/α-hetero) is 1. The van der Waals surface area contributed by atoms with Gasteiger partial charge in [0.15, 0.2) is 5.78 Å². The molecule has 1 aliphatic carbocycles. The van der Waals surface area contributed by atoms with Gasteiger partial charge in [0.05, 0.1) is 22.2 Å². The molecule has 3 aromatic carbocycles. The van der Waals surface area contributed by atoms with Gasteiger partial charge in [-0.1, -0.05) is 30.3 Å². The second-order valence-corrected chi connectivity index (χ2v) is 13.2. The van der Waals surface area contributed by atoms with Crippen LogP contribution in [0.25, 0.3) is 10.1 Å². The number of nitrogen functional groups attached to an aromatic ring is 1. The van der Waals surface area contributed by atoms with Crippen LogP contribution in [0, 0.1) is 6.92 Å². The van der Waals surface area contributed by atoms with Gasteiger partial charge in [-0.2, -0.15) is 0 Å². The highest BCUT2D eigenvalue weighted by Crippen LogP contribution is 2.50. The third-order valence-corrected chi connectivity index (χ3v) is 9.94. The van der Waals surface area contributed by atoms with Crippen LogP contribution in [0.4, 0.5) is 5.69 Å². The first-order chi connectivity index (χ1) is 21.5. The van der Waals surface area contributed by atoms with Gasteiger partial charge in [-0.3, -0.25) is 14.4 Å². The zero-order valence-corrected chi connectivity index (χ0v) is 26.4. The van der Waals surface area contributed by atoms with E-state index in [1.807, 2.05) is 62.3 Å². The van der Waals surface area contributed by atoms with Gasteiger partial charge in [-0.05, 0) is 80.9 Å². The van der Waals surface area contributed by atoms with Crippen LogP contribution in [0.2, 0.25) is 0 Å². The van der Waals surface area contributed by atoms with Crippen molar-refractivity contribution in [1.82, 2.24) is 15.1 Å². The van der Waals surface area contributed by atoms with Gasteiger partial charge in [0, 0.05) is 35.8 Å². The number of likely N-dealkylation sites (N-methyl/N-ethyl adjacent to an activating group) is 1. The molecule has 3 atom stereocenters. The molecule has 45 heavy (non-hydrogen) atoms. The van der Waals surface area contributed by atoms with E-state index in [0.717, 1.165) is 18.4 Å². The molecule has 0 radical (unpaired) electrons. The van der Waals surface area contributed by atoms with Crippen molar-refractivity contribution in [2.75, 3.05) is 39.5 Å². The van der Waals surface area contributed by atoms with Crippen LogP contribution < -0.4 is 27.3 Å². The molecule has 2 amide bonds. The molecule has 0 spiro atoms. The maximum atomic E-state index is 14.2. The lowest BCUT2D eigenvalue weighted by molar-refractivity contribution is -0.133. The summed E-state index contributed by atoms with van der Waals surface area (Å²) < 4.78 is 6.67. The van der Waals surface area contributed by atoms with E-state index in [4.69, 9.17) is 21.9 Å². The maximum absolute atomic E-state index is 14.2. The second kappa shape index (κ2) is 11.9. The standard InChI is InChI=1S/C34H38N6O4S/c1-19-16-22(44-21-9-5-4-6-10-21)11-12-23(19)34(37)24-13-14-25(35)30-27(24)28(29(36)32(34)42)31(45-30)33(43)38-20-8-7-15-40(17-20)26(41)18-39(2)3/h4-6,9-14,16,20,29H,7-8,15,17-18,35-37H2,1-3H3,(H,38,43). The van der Waals surface area contributed by atoms with Crippen LogP contribution in [-0.2, 0) is 15.1 Å². The highest BCUT2D eigenvalue weighted by Gasteiger charge is 2.49. The number of carbonyl (C=O) groups is 3. The number of anilines is 1. The molecule has 1 aliphatic heterocycles. The quantitative estimate of drug-likeness (QED) is 0.227. The van der Waals surface area contributed by atoms with Crippen LogP contribution in [0.15, 0.2) is 60.7 Å². The van der Waals surface area contributed by atoms with Gasteiger partial charge >= 0.3 is 0 Å². The Hall–Kier alpha value is -4.29. The lowest BCUT2D eigenvalue weighted by Gasteiger charge is -2.37. The molecule has 234 valence electrons. The number of thiophene rings is 1. The van der Waals surface area contributed by atoms with E-state index in [2.05, 4.69) is 5.32 Å². The monoisotopic (exact) mass is 626 g/mol. The molecule has 4 aromatic rings. The number of ether oxygens (including phenoxy) is 1. The lowest BCUT2D eigenvalue weighted by atomic mass is 9.69. The number of hydrogen-bond acceptors (Lipinski definition) is 9. The Bertz CT molecular complexity index is 1810. The molecular weight excluding hydrogens is 588 g/mol. The van der Waals surface area contributed by atoms with Crippen molar-refractivity contribution in [3.8, 4) is 11.5 Å². The molecule has 6 rings (SSSR count). The van der Waals surface area contributed by atoms with Crippen LogP contribution in [0.5, 0.6) is 11.5 Å². The highest BCUT2D eigenvalue weighted by atomic mass is 32.1. The van der Waals surface area contributed by atoms with E-state index in [0.29, 0.717) is 68.5 Å². The fourth-order valence-electron chi connectivity index (χ4n) is 6.54. The first-order valence-corrected chi connectivity index (χ1v) is 15.8. The number of rotatable bonds is 7. The predicted molar refractivity (Wildman–Crippen MR) is 176 cm³/mol. The van der Waals surface area contributed by atoms with Gasteiger partial charge in [0.1, 0.15) is 17.0 Å². The summed E-state index contributed by atoms with van der Waals surface area (Å²) in [6.45, 7) is 3.27. The minimum atomic E-state index is -1.57. The van der Waals surface area contributed by atoms with Crippen LogP contribution in [0.1, 0.15) is 50.8 Å². The van der Waals surface area contributed by atoms with E-state index in [1.54, 1.807) is 29.2 Å². The van der Waals surface area contributed by atoms with Crippen molar-refractivity contribution in [2.24, 2.45) is 11.5 Å². The fourth-order valence-corrected chi connectivity index (χ4v) is 7.74. The molecule has 11 heteroatoms. The van der Waals surface area contributed by atoms with Gasteiger partial charge in [-0.25, -0.2) is 0 Å². The third kappa shape index (κ3) is 5.46. The number of nitrogens with one attached hydrogen (secondary N) is 1. The number of aryl methyl sites for hydroxylation is 1. The summed E-state index contributed by atoms with van der Waals surface area (Å²) in [5.41, 5.74) is 21.5. The Balaban J connectivity index is 1.35. The zero-order valence-electron chi connectivity index (χ0n) is 25.6. The maximum Gasteiger partial charge on any atom is 0.262 e. The van der Waals surface area contributed by atoms with Crippen LogP contribution >= 0.6 is 11.3 Å². The predicted octanol–water partition coefficient (Wildman–Crippen LogP) is 3.65. The summed E-state index contributed by atoms with van der Waals surface area (Å²) in [6.07, 6.45) is 1.52. The van der Waals surface area contributed by atoms with E-state index in [9.17, 15) is 14.4 Å². The number of benzene rings is 3. The lowest BCUT2D eigenvalue weighted by Crippen LogP contribution is -2.53. The summed E-state index contributed by atoms with van der Waals surface area (Å²) in [5, 5.41) is 3.75.